The fourth-order valence-corrected chi connectivity index (χ4v) is 2.62. The summed E-state index contributed by atoms with van der Waals surface area (Å²) in [6, 6.07) is 14.6. The molecule has 0 bridgehead atoms. The first kappa shape index (κ1) is 14.0. The van der Waals surface area contributed by atoms with Crippen molar-refractivity contribution in [3.63, 3.8) is 0 Å². The second-order valence-corrected chi connectivity index (χ2v) is 5.38. The van der Waals surface area contributed by atoms with Gasteiger partial charge in [-0.2, -0.15) is 0 Å². The normalized spacial score (nSPS) is 15.8. The minimum atomic E-state index is 0.812. The van der Waals surface area contributed by atoms with Gasteiger partial charge in [-0.15, -0.1) is 0 Å². The van der Waals surface area contributed by atoms with Crippen molar-refractivity contribution in [1.29, 1.82) is 0 Å². The third-order valence-corrected chi connectivity index (χ3v) is 3.80. The number of pyridine rings is 1. The number of nitrogens with one attached hydrogen (secondary N) is 2. The zero-order valence-electron chi connectivity index (χ0n) is 12.3. The smallest absolute Gasteiger partial charge is 0.130 e. The number of aromatic nitrogens is 1. The highest BCUT2D eigenvalue weighted by atomic mass is 15.2. The maximum atomic E-state index is 4.51. The average Bonchev–Trinajstić information content (AvgIpc) is 2.56. The van der Waals surface area contributed by atoms with Crippen LogP contribution in [0.3, 0.4) is 0 Å². The molecule has 4 heteroatoms. The summed E-state index contributed by atoms with van der Waals surface area (Å²) in [5.74, 6) is 1.000. The van der Waals surface area contributed by atoms with Crippen LogP contribution in [0.15, 0.2) is 48.7 Å². The molecule has 0 unspecified atom stereocenters. The molecule has 1 aromatic heterocycles. The number of anilines is 1. The number of piperazine rings is 1. The van der Waals surface area contributed by atoms with Gasteiger partial charge in [-0.25, -0.2) is 4.98 Å². The molecule has 0 aliphatic carbocycles. The molecule has 0 atom stereocenters. The topological polar surface area (TPSA) is 40.2 Å². The van der Waals surface area contributed by atoms with E-state index in [0.29, 0.717) is 0 Å². The maximum Gasteiger partial charge on any atom is 0.130 e. The minimum absolute atomic E-state index is 0.812. The lowest BCUT2D eigenvalue weighted by Gasteiger charge is -2.27. The van der Waals surface area contributed by atoms with Gasteiger partial charge in [0.2, 0.25) is 0 Å². The second-order valence-electron chi connectivity index (χ2n) is 5.38. The number of benzene rings is 1. The first-order valence-corrected chi connectivity index (χ1v) is 7.56. The van der Waals surface area contributed by atoms with E-state index in [4.69, 9.17) is 0 Å². The Bertz CT molecular complexity index is 550. The van der Waals surface area contributed by atoms with Crippen LogP contribution in [0.2, 0.25) is 0 Å². The van der Waals surface area contributed by atoms with Gasteiger partial charge in [-0.1, -0.05) is 36.4 Å². The van der Waals surface area contributed by atoms with Crippen LogP contribution in [-0.2, 0) is 13.1 Å². The van der Waals surface area contributed by atoms with E-state index >= 15 is 0 Å². The predicted octanol–water partition coefficient (Wildman–Crippen LogP) is 2.10. The van der Waals surface area contributed by atoms with Crippen LogP contribution in [0.5, 0.6) is 0 Å². The van der Waals surface area contributed by atoms with E-state index in [-0.39, 0.29) is 0 Å². The van der Waals surface area contributed by atoms with Gasteiger partial charge in [0.25, 0.3) is 0 Å². The Labute approximate surface area is 126 Å². The lowest BCUT2D eigenvalue weighted by molar-refractivity contribution is 0.233. The van der Waals surface area contributed by atoms with E-state index < -0.39 is 0 Å². The van der Waals surface area contributed by atoms with Gasteiger partial charge in [0.05, 0.1) is 0 Å². The van der Waals surface area contributed by atoms with E-state index in [1.54, 1.807) is 0 Å². The second kappa shape index (κ2) is 7.20. The molecule has 4 nitrogen and oxygen atoms in total. The molecule has 1 fully saturated rings. The standard InChI is InChI=1S/C17H22N4/c1-2-5-15(6-3-1)13-20-17-16(7-4-8-19-17)14-21-11-9-18-10-12-21/h1-8,18H,9-14H2,(H,19,20). The molecule has 0 spiro atoms. The molecule has 1 aliphatic rings. The van der Waals surface area contributed by atoms with Crippen molar-refractivity contribution < 1.29 is 0 Å². The van der Waals surface area contributed by atoms with Crippen molar-refractivity contribution in [3.8, 4) is 0 Å². The van der Waals surface area contributed by atoms with Crippen molar-refractivity contribution >= 4 is 5.82 Å². The van der Waals surface area contributed by atoms with E-state index in [1.807, 2.05) is 18.3 Å². The van der Waals surface area contributed by atoms with Crippen LogP contribution < -0.4 is 10.6 Å². The van der Waals surface area contributed by atoms with E-state index in [1.165, 1.54) is 11.1 Å². The Balaban J connectivity index is 1.64. The van der Waals surface area contributed by atoms with E-state index in [9.17, 15) is 0 Å². The molecule has 2 aromatic rings. The van der Waals surface area contributed by atoms with Crippen LogP contribution >= 0.6 is 0 Å². The molecular formula is C17H22N4. The Morgan fingerprint density at radius 2 is 1.86 bits per heavy atom. The van der Waals surface area contributed by atoms with Crippen LogP contribution in [-0.4, -0.2) is 36.1 Å². The molecule has 110 valence electrons. The quantitative estimate of drug-likeness (QED) is 0.881. The molecule has 2 heterocycles. The number of hydrogen-bond donors (Lipinski definition) is 2. The van der Waals surface area contributed by atoms with Crippen molar-refractivity contribution in [1.82, 2.24) is 15.2 Å². The highest BCUT2D eigenvalue weighted by molar-refractivity contribution is 5.44. The number of nitrogens with zero attached hydrogens (tertiary/aromatic N) is 2. The van der Waals surface area contributed by atoms with Crippen LogP contribution in [0.4, 0.5) is 5.82 Å². The molecule has 21 heavy (non-hydrogen) atoms. The summed E-state index contributed by atoms with van der Waals surface area (Å²) >= 11 is 0. The summed E-state index contributed by atoms with van der Waals surface area (Å²) in [5.41, 5.74) is 2.55. The average molecular weight is 282 g/mol. The first-order valence-electron chi connectivity index (χ1n) is 7.56. The highest BCUT2D eigenvalue weighted by Gasteiger charge is 2.12. The first-order chi connectivity index (χ1) is 10.4. The molecule has 0 saturated carbocycles. The summed E-state index contributed by atoms with van der Waals surface area (Å²) in [7, 11) is 0. The SMILES string of the molecule is c1ccc(CNc2ncccc2CN2CCNCC2)cc1. The Morgan fingerprint density at radius 3 is 2.67 bits per heavy atom. The zero-order chi connectivity index (χ0) is 14.3. The Kier molecular flexibility index (Phi) is 4.82. The van der Waals surface area contributed by atoms with Gasteiger partial charge < -0.3 is 10.6 Å². The fourth-order valence-electron chi connectivity index (χ4n) is 2.62. The molecule has 2 N–H and O–H groups in total. The molecule has 0 radical (unpaired) electrons. The summed E-state index contributed by atoms with van der Waals surface area (Å²) in [5, 5.41) is 6.85. The van der Waals surface area contributed by atoms with Gasteiger partial charge in [-0.05, 0) is 11.6 Å². The van der Waals surface area contributed by atoms with Gasteiger partial charge in [0.15, 0.2) is 0 Å². The third-order valence-electron chi connectivity index (χ3n) is 3.80. The molecular weight excluding hydrogens is 260 g/mol. The maximum absolute atomic E-state index is 4.51. The molecule has 3 rings (SSSR count). The van der Waals surface area contributed by atoms with Crippen molar-refractivity contribution in [3.05, 3.63) is 59.8 Å². The van der Waals surface area contributed by atoms with Crippen molar-refractivity contribution in [2.24, 2.45) is 0 Å². The summed E-state index contributed by atoms with van der Waals surface area (Å²) < 4.78 is 0. The Hall–Kier alpha value is -1.91. The van der Waals surface area contributed by atoms with E-state index in [2.05, 4.69) is 50.8 Å². The van der Waals surface area contributed by atoms with Gasteiger partial charge in [0, 0.05) is 51.0 Å². The van der Waals surface area contributed by atoms with Crippen molar-refractivity contribution in [2.75, 3.05) is 31.5 Å². The summed E-state index contributed by atoms with van der Waals surface area (Å²) in [6.07, 6.45) is 1.86. The monoisotopic (exact) mass is 282 g/mol. The number of rotatable bonds is 5. The molecule has 0 amide bonds. The minimum Gasteiger partial charge on any atom is -0.366 e. The third kappa shape index (κ3) is 4.03. The zero-order valence-corrected chi connectivity index (χ0v) is 12.3. The van der Waals surface area contributed by atoms with E-state index in [0.717, 1.165) is 45.1 Å². The molecule has 1 aliphatic heterocycles. The van der Waals surface area contributed by atoms with Crippen molar-refractivity contribution in [2.45, 2.75) is 13.1 Å². The molecule has 1 saturated heterocycles. The summed E-state index contributed by atoms with van der Waals surface area (Å²) in [4.78, 5) is 6.98. The lowest BCUT2D eigenvalue weighted by atomic mass is 10.2. The number of hydrogen-bond acceptors (Lipinski definition) is 4. The largest absolute Gasteiger partial charge is 0.366 e. The molecule has 1 aromatic carbocycles. The predicted molar refractivity (Wildman–Crippen MR) is 86.2 cm³/mol. The van der Waals surface area contributed by atoms with Crippen LogP contribution in [0.25, 0.3) is 0 Å². The van der Waals surface area contributed by atoms with Gasteiger partial charge in [-0.3, -0.25) is 4.90 Å². The van der Waals surface area contributed by atoms with Crippen LogP contribution in [0.1, 0.15) is 11.1 Å². The lowest BCUT2D eigenvalue weighted by Crippen LogP contribution is -2.43. The Morgan fingerprint density at radius 1 is 1.05 bits per heavy atom. The summed E-state index contributed by atoms with van der Waals surface area (Å²) in [6.45, 7) is 6.14. The van der Waals surface area contributed by atoms with Crippen LogP contribution in [0, 0.1) is 0 Å². The fraction of sp³-hybridized carbons (Fsp3) is 0.353. The van der Waals surface area contributed by atoms with Gasteiger partial charge in [0.1, 0.15) is 5.82 Å². The van der Waals surface area contributed by atoms with Gasteiger partial charge >= 0.3 is 0 Å². The highest BCUT2D eigenvalue weighted by Crippen LogP contribution is 2.15.